The van der Waals surface area contributed by atoms with Gasteiger partial charge in [-0.05, 0) is 42.2 Å². The van der Waals surface area contributed by atoms with Crippen LogP contribution >= 0.6 is 11.3 Å². The summed E-state index contributed by atoms with van der Waals surface area (Å²) in [6.07, 6.45) is 3.22. The van der Waals surface area contributed by atoms with Crippen molar-refractivity contribution in [2.24, 2.45) is 11.3 Å². The number of hydrogen-bond acceptors (Lipinski definition) is 4. The average Bonchev–Trinajstić information content (AvgIpc) is 2.94. The number of thiophene rings is 1. The molecule has 1 aliphatic rings. The third-order valence-corrected chi connectivity index (χ3v) is 6.67. The number of aromatic nitrogens is 1. The first kappa shape index (κ1) is 17.2. The van der Waals surface area contributed by atoms with Gasteiger partial charge in [-0.25, -0.2) is 4.98 Å². The van der Waals surface area contributed by atoms with Gasteiger partial charge in [0, 0.05) is 16.6 Å². The zero-order chi connectivity index (χ0) is 18.5. The summed E-state index contributed by atoms with van der Waals surface area (Å²) < 4.78 is 0. The smallest absolute Gasteiger partial charge is 0.205 e. The maximum atomic E-state index is 12.8. The van der Waals surface area contributed by atoms with E-state index in [-0.39, 0.29) is 5.78 Å². The van der Waals surface area contributed by atoms with Crippen molar-refractivity contribution in [2.45, 2.75) is 40.0 Å². The number of anilines is 1. The highest BCUT2D eigenvalue weighted by Gasteiger charge is 2.30. The van der Waals surface area contributed by atoms with Crippen LogP contribution < -0.4 is 5.73 Å². The van der Waals surface area contributed by atoms with Crippen molar-refractivity contribution in [1.82, 2.24) is 4.98 Å². The van der Waals surface area contributed by atoms with E-state index >= 15 is 0 Å². The van der Waals surface area contributed by atoms with Crippen LogP contribution in [0.5, 0.6) is 0 Å². The minimum absolute atomic E-state index is 0.0170. The van der Waals surface area contributed by atoms with Crippen molar-refractivity contribution in [3.63, 3.8) is 0 Å². The van der Waals surface area contributed by atoms with Gasteiger partial charge in [-0.15, -0.1) is 11.3 Å². The average molecular weight is 365 g/mol. The molecule has 0 aliphatic heterocycles. The van der Waals surface area contributed by atoms with Crippen LogP contribution in [-0.4, -0.2) is 10.8 Å². The topological polar surface area (TPSA) is 56.0 Å². The van der Waals surface area contributed by atoms with Gasteiger partial charge >= 0.3 is 0 Å². The normalized spacial score (nSPS) is 17.3. The van der Waals surface area contributed by atoms with E-state index in [2.05, 4.69) is 26.8 Å². The molecule has 26 heavy (non-hydrogen) atoms. The van der Waals surface area contributed by atoms with E-state index in [4.69, 9.17) is 10.7 Å². The summed E-state index contributed by atoms with van der Waals surface area (Å²) in [5, 5.41) is 0.933. The fraction of sp³-hybridized carbons (Fsp3) is 0.364. The van der Waals surface area contributed by atoms with Gasteiger partial charge in [-0.3, -0.25) is 4.79 Å². The summed E-state index contributed by atoms with van der Waals surface area (Å²) >= 11 is 1.42. The summed E-state index contributed by atoms with van der Waals surface area (Å²) in [6.45, 7) is 6.93. The molecule has 2 heterocycles. The van der Waals surface area contributed by atoms with Gasteiger partial charge in [0.2, 0.25) is 5.78 Å². The Morgan fingerprint density at radius 1 is 1.23 bits per heavy atom. The van der Waals surface area contributed by atoms with Crippen molar-refractivity contribution in [3.05, 3.63) is 58.1 Å². The highest BCUT2D eigenvalue weighted by atomic mass is 32.1. The number of hydrogen-bond donors (Lipinski definition) is 1. The molecule has 2 aromatic heterocycles. The molecule has 0 amide bonds. The Labute approximate surface area is 158 Å². The van der Waals surface area contributed by atoms with Gasteiger partial charge < -0.3 is 5.73 Å². The second-order valence-corrected chi connectivity index (χ2v) is 9.29. The number of nitrogens with two attached hydrogens (primary N) is 1. The third kappa shape index (κ3) is 2.92. The molecule has 0 saturated heterocycles. The van der Waals surface area contributed by atoms with Crippen LogP contribution in [0.15, 0.2) is 36.4 Å². The van der Waals surface area contributed by atoms with E-state index in [9.17, 15) is 4.79 Å². The zero-order valence-electron chi connectivity index (χ0n) is 15.5. The Balaban J connectivity index is 1.76. The first-order chi connectivity index (χ1) is 12.3. The summed E-state index contributed by atoms with van der Waals surface area (Å²) in [6, 6.07) is 11.5. The Morgan fingerprint density at radius 3 is 2.65 bits per heavy atom. The molecule has 3 nitrogen and oxygen atoms in total. The number of pyridine rings is 1. The van der Waals surface area contributed by atoms with Crippen molar-refractivity contribution < 1.29 is 4.79 Å². The zero-order valence-corrected chi connectivity index (χ0v) is 16.3. The standard InChI is InChI=1S/C22H24N2OS/c1-22(2,3)15-9-10-17-14(11-15)12-16-18(23)20(26-21(16)24-17)19(25)13-7-5-4-6-8-13/h4-8,12,15H,9-11,23H2,1-3H3. The van der Waals surface area contributed by atoms with Crippen LogP contribution in [0.25, 0.3) is 10.2 Å². The van der Waals surface area contributed by atoms with E-state index in [1.54, 1.807) is 0 Å². The van der Waals surface area contributed by atoms with Crippen molar-refractivity contribution >= 4 is 33.0 Å². The molecule has 134 valence electrons. The predicted molar refractivity (Wildman–Crippen MR) is 109 cm³/mol. The fourth-order valence-corrected chi connectivity index (χ4v) is 4.88. The number of fused-ring (bicyclic) bond motifs is 2. The van der Waals surface area contributed by atoms with E-state index in [1.807, 2.05) is 30.3 Å². The summed E-state index contributed by atoms with van der Waals surface area (Å²) in [5.41, 5.74) is 10.4. The number of aryl methyl sites for hydroxylation is 1. The lowest BCUT2D eigenvalue weighted by Gasteiger charge is -2.34. The molecule has 1 atom stereocenters. The number of nitrogen functional groups attached to an aromatic ring is 1. The number of carbonyl (C=O) groups is 1. The quantitative estimate of drug-likeness (QED) is 0.631. The molecule has 1 unspecified atom stereocenters. The van der Waals surface area contributed by atoms with Crippen LogP contribution in [0.2, 0.25) is 0 Å². The van der Waals surface area contributed by atoms with Crippen molar-refractivity contribution in [3.8, 4) is 0 Å². The van der Waals surface area contributed by atoms with Gasteiger partial charge in [0.1, 0.15) is 9.71 Å². The van der Waals surface area contributed by atoms with Crippen LogP contribution in [-0.2, 0) is 12.8 Å². The van der Waals surface area contributed by atoms with Gasteiger partial charge in [-0.1, -0.05) is 51.1 Å². The molecule has 0 fully saturated rings. The molecule has 0 radical (unpaired) electrons. The van der Waals surface area contributed by atoms with Crippen LogP contribution in [0, 0.1) is 11.3 Å². The number of rotatable bonds is 2. The molecular weight excluding hydrogens is 340 g/mol. The van der Waals surface area contributed by atoms with E-state index in [1.165, 1.54) is 29.0 Å². The molecule has 3 aromatic rings. The van der Waals surface area contributed by atoms with E-state index in [0.29, 0.717) is 27.5 Å². The highest BCUT2D eigenvalue weighted by Crippen LogP contribution is 2.40. The number of ketones is 1. The van der Waals surface area contributed by atoms with Gasteiger partial charge in [0.05, 0.1) is 5.69 Å². The third-order valence-electron chi connectivity index (χ3n) is 5.55. The lowest BCUT2D eigenvalue weighted by molar-refractivity contribution is 0.104. The maximum absolute atomic E-state index is 12.8. The lowest BCUT2D eigenvalue weighted by Crippen LogP contribution is -2.27. The molecule has 0 bridgehead atoms. The van der Waals surface area contributed by atoms with Gasteiger partial charge in [0.25, 0.3) is 0 Å². The second kappa shape index (κ2) is 6.20. The molecule has 0 spiro atoms. The number of nitrogens with zero attached hydrogens (tertiary/aromatic N) is 1. The maximum Gasteiger partial charge on any atom is 0.205 e. The summed E-state index contributed by atoms with van der Waals surface area (Å²) in [7, 11) is 0. The van der Waals surface area contributed by atoms with Crippen LogP contribution in [0.4, 0.5) is 5.69 Å². The fourth-order valence-electron chi connectivity index (χ4n) is 3.82. The van der Waals surface area contributed by atoms with Gasteiger partial charge in [-0.2, -0.15) is 0 Å². The number of carbonyl (C=O) groups excluding carboxylic acids is 1. The van der Waals surface area contributed by atoms with Crippen molar-refractivity contribution in [1.29, 1.82) is 0 Å². The van der Waals surface area contributed by atoms with Crippen LogP contribution in [0.1, 0.15) is 53.7 Å². The number of benzene rings is 1. The SMILES string of the molecule is CC(C)(C)C1CCc2nc3sc(C(=O)c4ccccc4)c(N)c3cc2C1. The minimum Gasteiger partial charge on any atom is -0.397 e. The molecule has 4 rings (SSSR count). The minimum atomic E-state index is -0.0170. The Bertz CT molecular complexity index is 983. The van der Waals surface area contributed by atoms with E-state index in [0.717, 1.165) is 23.1 Å². The first-order valence-electron chi connectivity index (χ1n) is 9.15. The lowest BCUT2D eigenvalue weighted by atomic mass is 9.71. The molecule has 1 aliphatic carbocycles. The predicted octanol–water partition coefficient (Wildman–Crippen LogP) is 5.26. The summed E-state index contributed by atoms with van der Waals surface area (Å²) in [4.78, 5) is 19.2. The largest absolute Gasteiger partial charge is 0.397 e. The van der Waals surface area contributed by atoms with E-state index < -0.39 is 0 Å². The first-order valence-corrected chi connectivity index (χ1v) is 9.97. The second-order valence-electron chi connectivity index (χ2n) is 8.29. The molecule has 4 heteroatoms. The molecular formula is C22H24N2OS. The monoisotopic (exact) mass is 364 g/mol. The molecule has 1 aromatic carbocycles. The molecule has 2 N–H and O–H groups in total. The summed E-state index contributed by atoms with van der Waals surface area (Å²) in [5.74, 6) is 0.635. The highest BCUT2D eigenvalue weighted by molar-refractivity contribution is 7.21. The Kier molecular flexibility index (Phi) is 4.11. The Hall–Kier alpha value is -2.20. The van der Waals surface area contributed by atoms with Crippen LogP contribution in [0.3, 0.4) is 0 Å². The molecule has 0 saturated carbocycles. The Morgan fingerprint density at radius 2 is 1.96 bits per heavy atom. The van der Waals surface area contributed by atoms with Gasteiger partial charge in [0.15, 0.2) is 0 Å². The van der Waals surface area contributed by atoms with Crippen molar-refractivity contribution in [2.75, 3.05) is 5.73 Å².